The second-order valence-corrected chi connectivity index (χ2v) is 4.37. The standard InChI is InChI=1S/C13H22F2O2/c1-5-12(14,6-2)10(16)9-11(17)13(15,7-3)8-4/h5-9H2,1-4H3. The van der Waals surface area contributed by atoms with E-state index in [2.05, 4.69) is 0 Å². The van der Waals surface area contributed by atoms with E-state index in [0.717, 1.165) is 0 Å². The Balaban J connectivity index is 4.76. The molecule has 0 amide bonds. The van der Waals surface area contributed by atoms with Gasteiger partial charge >= 0.3 is 0 Å². The summed E-state index contributed by atoms with van der Waals surface area (Å²) in [5.41, 5.74) is -3.98. The van der Waals surface area contributed by atoms with Gasteiger partial charge in [0.05, 0.1) is 6.42 Å². The van der Waals surface area contributed by atoms with Crippen LogP contribution in [0.1, 0.15) is 59.8 Å². The van der Waals surface area contributed by atoms with Gasteiger partial charge in [-0.05, 0) is 25.7 Å². The Labute approximate surface area is 102 Å². The van der Waals surface area contributed by atoms with E-state index in [-0.39, 0.29) is 25.7 Å². The minimum atomic E-state index is -1.99. The fraction of sp³-hybridized carbons (Fsp3) is 0.846. The number of Topliss-reactive ketones (excluding diaryl/α,β-unsaturated/α-hetero) is 2. The summed E-state index contributed by atoms with van der Waals surface area (Å²) >= 11 is 0. The van der Waals surface area contributed by atoms with Crippen molar-refractivity contribution in [1.82, 2.24) is 0 Å². The molecule has 0 aromatic rings. The molecule has 100 valence electrons. The molecule has 0 bridgehead atoms. The third kappa shape index (κ3) is 3.58. The fourth-order valence-corrected chi connectivity index (χ4v) is 1.75. The molecule has 0 radical (unpaired) electrons. The highest BCUT2D eigenvalue weighted by atomic mass is 19.1. The second-order valence-electron chi connectivity index (χ2n) is 4.37. The topological polar surface area (TPSA) is 34.1 Å². The van der Waals surface area contributed by atoms with E-state index in [1.807, 2.05) is 0 Å². The van der Waals surface area contributed by atoms with Crippen LogP contribution in [0.15, 0.2) is 0 Å². The number of carbonyl (C=O) groups is 2. The van der Waals surface area contributed by atoms with Gasteiger partial charge in [0.15, 0.2) is 22.9 Å². The third-order valence-electron chi connectivity index (χ3n) is 3.56. The van der Waals surface area contributed by atoms with Gasteiger partial charge in [-0.25, -0.2) is 8.78 Å². The molecule has 17 heavy (non-hydrogen) atoms. The highest BCUT2D eigenvalue weighted by Gasteiger charge is 2.41. The van der Waals surface area contributed by atoms with Crippen LogP contribution in [0.25, 0.3) is 0 Å². The summed E-state index contributed by atoms with van der Waals surface area (Å²) in [6, 6.07) is 0. The zero-order chi connectivity index (χ0) is 13.7. The summed E-state index contributed by atoms with van der Waals surface area (Å²) in [7, 11) is 0. The van der Waals surface area contributed by atoms with Crippen LogP contribution in [-0.2, 0) is 9.59 Å². The Morgan fingerprint density at radius 1 is 0.765 bits per heavy atom. The predicted molar refractivity (Wildman–Crippen MR) is 63.5 cm³/mol. The van der Waals surface area contributed by atoms with E-state index in [4.69, 9.17) is 0 Å². The number of alkyl halides is 2. The molecule has 0 aliphatic heterocycles. The molecule has 4 heteroatoms. The molecule has 0 fully saturated rings. The molecular weight excluding hydrogens is 226 g/mol. The van der Waals surface area contributed by atoms with Gasteiger partial charge < -0.3 is 0 Å². The molecule has 0 aliphatic carbocycles. The van der Waals surface area contributed by atoms with Crippen LogP contribution in [0.4, 0.5) is 8.78 Å². The number of hydrogen-bond acceptors (Lipinski definition) is 2. The van der Waals surface area contributed by atoms with Crippen molar-refractivity contribution in [3.05, 3.63) is 0 Å². The van der Waals surface area contributed by atoms with E-state index in [1.54, 1.807) is 27.7 Å². The van der Waals surface area contributed by atoms with Crippen LogP contribution in [-0.4, -0.2) is 22.9 Å². The maximum Gasteiger partial charge on any atom is 0.177 e. The number of rotatable bonds is 8. The number of hydrogen-bond donors (Lipinski definition) is 0. The normalized spacial score (nSPS) is 12.6. The average Bonchev–Trinajstić information content (AvgIpc) is 2.36. The third-order valence-corrected chi connectivity index (χ3v) is 3.56. The quantitative estimate of drug-likeness (QED) is 0.615. The van der Waals surface area contributed by atoms with Crippen molar-refractivity contribution in [2.75, 3.05) is 0 Å². The first kappa shape index (κ1) is 16.2. The SMILES string of the molecule is CCC(F)(CC)C(=O)CC(=O)C(F)(CC)CC. The first-order valence-corrected chi connectivity index (χ1v) is 6.24. The Hall–Kier alpha value is -0.800. The summed E-state index contributed by atoms with van der Waals surface area (Å²) in [5.74, 6) is -1.59. The minimum Gasteiger partial charge on any atom is -0.296 e. The number of halogens is 2. The summed E-state index contributed by atoms with van der Waals surface area (Å²) in [5, 5.41) is 0. The lowest BCUT2D eigenvalue weighted by Gasteiger charge is -2.24. The maximum absolute atomic E-state index is 14.0. The van der Waals surface area contributed by atoms with E-state index in [9.17, 15) is 18.4 Å². The van der Waals surface area contributed by atoms with Gasteiger partial charge in [-0.15, -0.1) is 0 Å². The highest BCUT2D eigenvalue weighted by molar-refractivity contribution is 6.06. The van der Waals surface area contributed by atoms with Gasteiger partial charge in [-0.2, -0.15) is 0 Å². The average molecular weight is 248 g/mol. The number of carbonyl (C=O) groups excluding carboxylic acids is 2. The summed E-state index contributed by atoms with van der Waals surface area (Å²) in [6.07, 6.45) is -0.559. The van der Waals surface area contributed by atoms with Crippen LogP contribution in [0.2, 0.25) is 0 Å². The molecule has 0 unspecified atom stereocenters. The largest absolute Gasteiger partial charge is 0.296 e. The van der Waals surface area contributed by atoms with Crippen LogP contribution < -0.4 is 0 Å². The summed E-state index contributed by atoms with van der Waals surface area (Å²) in [4.78, 5) is 23.3. The van der Waals surface area contributed by atoms with Gasteiger partial charge in [0.2, 0.25) is 0 Å². The highest BCUT2D eigenvalue weighted by Crippen LogP contribution is 2.28. The Bertz CT molecular complexity index is 251. The van der Waals surface area contributed by atoms with Gasteiger partial charge in [0, 0.05) is 0 Å². The van der Waals surface area contributed by atoms with E-state index in [0.29, 0.717) is 0 Å². The molecule has 0 aromatic heterocycles. The van der Waals surface area contributed by atoms with Gasteiger partial charge in [0.1, 0.15) is 0 Å². The lowest BCUT2D eigenvalue weighted by Crippen LogP contribution is -2.39. The molecular formula is C13H22F2O2. The first-order chi connectivity index (χ1) is 7.79. The second kappa shape index (κ2) is 6.22. The van der Waals surface area contributed by atoms with Crippen LogP contribution in [0.3, 0.4) is 0 Å². The van der Waals surface area contributed by atoms with Gasteiger partial charge in [0.25, 0.3) is 0 Å². The predicted octanol–water partition coefficient (Wildman–Crippen LogP) is 3.57. The van der Waals surface area contributed by atoms with Crippen molar-refractivity contribution in [3.63, 3.8) is 0 Å². The molecule has 0 spiro atoms. The van der Waals surface area contributed by atoms with Crippen molar-refractivity contribution < 1.29 is 18.4 Å². The minimum absolute atomic E-state index is 0.0210. The Kier molecular flexibility index (Phi) is 5.93. The molecule has 0 heterocycles. The molecule has 0 aliphatic rings. The van der Waals surface area contributed by atoms with Crippen LogP contribution in [0, 0.1) is 0 Å². The molecule has 0 rings (SSSR count). The molecule has 0 aromatic carbocycles. The summed E-state index contributed by atoms with van der Waals surface area (Å²) < 4.78 is 28.0. The molecule has 0 atom stereocenters. The van der Waals surface area contributed by atoms with E-state index < -0.39 is 29.3 Å². The zero-order valence-corrected chi connectivity index (χ0v) is 11.1. The molecule has 0 saturated carbocycles. The van der Waals surface area contributed by atoms with Crippen molar-refractivity contribution in [3.8, 4) is 0 Å². The Morgan fingerprint density at radius 3 is 1.18 bits per heavy atom. The zero-order valence-electron chi connectivity index (χ0n) is 11.1. The van der Waals surface area contributed by atoms with Gasteiger partial charge in [-0.1, -0.05) is 27.7 Å². The van der Waals surface area contributed by atoms with Gasteiger partial charge in [-0.3, -0.25) is 9.59 Å². The lowest BCUT2D eigenvalue weighted by molar-refractivity contribution is -0.140. The molecule has 0 saturated heterocycles. The molecule has 2 nitrogen and oxygen atoms in total. The van der Waals surface area contributed by atoms with E-state index >= 15 is 0 Å². The first-order valence-electron chi connectivity index (χ1n) is 6.24. The van der Waals surface area contributed by atoms with Crippen LogP contribution in [0.5, 0.6) is 0 Å². The molecule has 0 N–H and O–H groups in total. The maximum atomic E-state index is 14.0. The van der Waals surface area contributed by atoms with Crippen LogP contribution >= 0.6 is 0 Å². The van der Waals surface area contributed by atoms with Crippen molar-refractivity contribution in [2.45, 2.75) is 71.1 Å². The summed E-state index contributed by atoms with van der Waals surface area (Å²) in [6.45, 7) is 6.20. The van der Waals surface area contributed by atoms with Crippen molar-refractivity contribution >= 4 is 11.6 Å². The Morgan fingerprint density at radius 2 is 1.00 bits per heavy atom. The van der Waals surface area contributed by atoms with Crippen molar-refractivity contribution in [1.29, 1.82) is 0 Å². The fourth-order valence-electron chi connectivity index (χ4n) is 1.75. The van der Waals surface area contributed by atoms with E-state index in [1.165, 1.54) is 0 Å². The van der Waals surface area contributed by atoms with Crippen molar-refractivity contribution in [2.24, 2.45) is 0 Å². The number of ketones is 2. The lowest BCUT2D eigenvalue weighted by atomic mass is 9.85. The smallest absolute Gasteiger partial charge is 0.177 e. The monoisotopic (exact) mass is 248 g/mol.